The number of hydrogen-bond donors (Lipinski definition) is 3. The third kappa shape index (κ3) is 2.89. The second kappa shape index (κ2) is 5.62. The Morgan fingerprint density at radius 2 is 1.90 bits per heavy atom. The van der Waals surface area contributed by atoms with E-state index in [0.717, 1.165) is 0 Å². The largest absolute Gasteiger partial charge is 0.480 e. The lowest BCUT2D eigenvalue weighted by molar-refractivity contribution is -0.141. The number of para-hydroxylation sites is 2. The van der Waals surface area contributed by atoms with Crippen LogP contribution in [0.4, 0.5) is 0 Å². The minimum absolute atomic E-state index is 0.00407. The van der Waals surface area contributed by atoms with Crippen LogP contribution in [0.5, 0.6) is 0 Å². The molecule has 1 amide bonds. The Morgan fingerprint density at radius 3 is 2.50 bits per heavy atom. The molecule has 0 bridgehead atoms. The molecule has 1 aromatic heterocycles. The van der Waals surface area contributed by atoms with Gasteiger partial charge in [0.25, 0.3) is 5.91 Å². The summed E-state index contributed by atoms with van der Waals surface area (Å²) in [6.45, 7) is 1.28. The fraction of sp³-hybridized carbons (Fsp3) is 0.231. The van der Waals surface area contributed by atoms with Crippen molar-refractivity contribution in [1.82, 2.24) is 15.3 Å². The van der Waals surface area contributed by atoms with Gasteiger partial charge in [-0.2, -0.15) is 0 Å². The van der Waals surface area contributed by atoms with Gasteiger partial charge < -0.3 is 15.5 Å². The van der Waals surface area contributed by atoms with Gasteiger partial charge >= 0.3 is 5.97 Å². The topological polar surface area (TPSA) is 112 Å². The summed E-state index contributed by atoms with van der Waals surface area (Å²) >= 11 is 0. The first-order valence-corrected chi connectivity index (χ1v) is 5.92. The molecule has 3 N–H and O–H groups in total. The van der Waals surface area contributed by atoms with Crippen LogP contribution in [0.2, 0.25) is 0 Å². The van der Waals surface area contributed by atoms with Gasteiger partial charge in [0.15, 0.2) is 6.04 Å². The van der Waals surface area contributed by atoms with Crippen LogP contribution in [0.25, 0.3) is 11.0 Å². The number of carbonyl (C=O) groups is 2. The maximum absolute atomic E-state index is 11.9. The summed E-state index contributed by atoms with van der Waals surface area (Å²) in [5, 5.41) is 20.4. The van der Waals surface area contributed by atoms with Crippen molar-refractivity contribution in [2.75, 3.05) is 0 Å². The number of benzene rings is 1. The van der Waals surface area contributed by atoms with Crippen LogP contribution < -0.4 is 5.32 Å². The molecule has 104 valence electrons. The van der Waals surface area contributed by atoms with Crippen LogP contribution in [-0.4, -0.2) is 44.2 Å². The van der Waals surface area contributed by atoms with Gasteiger partial charge in [0.1, 0.15) is 5.69 Å². The molecule has 1 heterocycles. The van der Waals surface area contributed by atoms with E-state index < -0.39 is 24.0 Å². The number of carboxylic acids is 1. The van der Waals surface area contributed by atoms with Crippen LogP contribution >= 0.6 is 0 Å². The number of aromatic nitrogens is 2. The zero-order chi connectivity index (χ0) is 14.7. The van der Waals surface area contributed by atoms with Crippen LogP contribution in [0.15, 0.2) is 30.5 Å². The second-order valence-electron chi connectivity index (χ2n) is 4.27. The molecule has 2 rings (SSSR count). The van der Waals surface area contributed by atoms with Crippen molar-refractivity contribution in [2.24, 2.45) is 0 Å². The van der Waals surface area contributed by atoms with Crippen LogP contribution in [0.1, 0.15) is 17.4 Å². The summed E-state index contributed by atoms with van der Waals surface area (Å²) in [6.07, 6.45) is 0.0448. The molecule has 20 heavy (non-hydrogen) atoms. The standard InChI is InChI=1S/C13H13N3O4/c1-7(17)11(13(19)20)16-12(18)10-6-14-8-4-2-3-5-9(8)15-10/h2-7,11,17H,1H3,(H,16,18)(H,19,20)/t7-,11-/m1/s1. The lowest BCUT2D eigenvalue weighted by Crippen LogP contribution is -2.47. The van der Waals surface area contributed by atoms with Gasteiger partial charge in [-0.15, -0.1) is 0 Å². The summed E-state index contributed by atoms with van der Waals surface area (Å²) in [7, 11) is 0. The molecule has 0 aliphatic heterocycles. The Hall–Kier alpha value is -2.54. The van der Waals surface area contributed by atoms with Gasteiger partial charge in [0.05, 0.1) is 23.3 Å². The van der Waals surface area contributed by atoms with E-state index in [1.165, 1.54) is 13.1 Å². The van der Waals surface area contributed by atoms with Crippen molar-refractivity contribution in [2.45, 2.75) is 19.1 Å². The minimum atomic E-state index is -1.39. The van der Waals surface area contributed by atoms with E-state index in [2.05, 4.69) is 15.3 Å². The molecular formula is C13H13N3O4. The van der Waals surface area contributed by atoms with Gasteiger partial charge in [0, 0.05) is 0 Å². The van der Waals surface area contributed by atoms with Crippen molar-refractivity contribution in [3.8, 4) is 0 Å². The third-order valence-electron chi connectivity index (χ3n) is 2.72. The lowest BCUT2D eigenvalue weighted by Gasteiger charge is -2.16. The number of carbonyl (C=O) groups excluding carboxylic acids is 1. The summed E-state index contributed by atoms with van der Waals surface area (Å²) in [6, 6.07) is 5.61. The summed E-state index contributed by atoms with van der Waals surface area (Å²) in [5.74, 6) is -2.02. The maximum atomic E-state index is 11.9. The number of aliphatic hydroxyl groups excluding tert-OH is 1. The SMILES string of the molecule is C[C@@H](O)[C@@H](NC(=O)c1cnc2ccccc2n1)C(=O)O. The molecule has 0 spiro atoms. The zero-order valence-electron chi connectivity index (χ0n) is 10.6. The molecule has 0 unspecified atom stereocenters. The maximum Gasteiger partial charge on any atom is 0.328 e. The highest BCUT2D eigenvalue weighted by atomic mass is 16.4. The molecule has 0 aliphatic rings. The fourth-order valence-corrected chi connectivity index (χ4v) is 1.67. The number of carboxylic acid groups (broad SMARTS) is 1. The second-order valence-corrected chi connectivity index (χ2v) is 4.27. The quantitative estimate of drug-likeness (QED) is 0.734. The van der Waals surface area contributed by atoms with Crippen molar-refractivity contribution >= 4 is 22.9 Å². The van der Waals surface area contributed by atoms with E-state index >= 15 is 0 Å². The molecule has 0 aliphatic carbocycles. The first-order valence-electron chi connectivity index (χ1n) is 5.92. The number of nitrogens with zero attached hydrogens (tertiary/aromatic N) is 2. The average molecular weight is 275 g/mol. The average Bonchev–Trinajstić information content (AvgIpc) is 2.43. The Balaban J connectivity index is 2.24. The number of amides is 1. The molecule has 1 aromatic carbocycles. The van der Waals surface area contributed by atoms with Crippen LogP contribution in [0.3, 0.4) is 0 Å². The van der Waals surface area contributed by atoms with E-state index in [1.54, 1.807) is 24.3 Å². The van der Waals surface area contributed by atoms with Crippen molar-refractivity contribution in [3.05, 3.63) is 36.2 Å². The highest BCUT2D eigenvalue weighted by Gasteiger charge is 2.26. The third-order valence-corrected chi connectivity index (χ3v) is 2.72. The Labute approximate surface area is 114 Å². The van der Waals surface area contributed by atoms with E-state index in [1.807, 2.05) is 0 Å². The van der Waals surface area contributed by atoms with Gasteiger partial charge in [-0.05, 0) is 19.1 Å². The van der Waals surface area contributed by atoms with Crippen molar-refractivity contribution in [1.29, 1.82) is 0 Å². The molecule has 2 atom stereocenters. The Bertz CT molecular complexity index is 657. The monoisotopic (exact) mass is 275 g/mol. The number of nitrogens with one attached hydrogen (secondary N) is 1. The predicted octanol–water partition coefficient (Wildman–Crippen LogP) is 0.194. The van der Waals surface area contributed by atoms with E-state index in [9.17, 15) is 14.7 Å². The molecule has 0 fully saturated rings. The first-order chi connectivity index (χ1) is 9.49. The van der Waals surface area contributed by atoms with Gasteiger partial charge in [-0.1, -0.05) is 12.1 Å². The number of aliphatic carboxylic acids is 1. The van der Waals surface area contributed by atoms with Crippen molar-refractivity contribution in [3.63, 3.8) is 0 Å². The zero-order valence-corrected chi connectivity index (χ0v) is 10.6. The first kappa shape index (κ1) is 13.9. The van der Waals surface area contributed by atoms with Crippen molar-refractivity contribution < 1.29 is 19.8 Å². The molecule has 0 radical (unpaired) electrons. The highest BCUT2D eigenvalue weighted by Crippen LogP contribution is 2.08. The minimum Gasteiger partial charge on any atom is -0.480 e. The van der Waals surface area contributed by atoms with Gasteiger partial charge in [-0.3, -0.25) is 9.78 Å². The summed E-state index contributed by atoms with van der Waals surface area (Å²) in [4.78, 5) is 31.0. The molecule has 7 heteroatoms. The summed E-state index contributed by atoms with van der Waals surface area (Å²) < 4.78 is 0. The highest BCUT2D eigenvalue weighted by molar-refractivity contribution is 5.96. The molecule has 0 saturated heterocycles. The lowest BCUT2D eigenvalue weighted by atomic mass is 10.2. The molecule has 7 nitrogen and oxygen atoms in total. The molecule has 0 saturated carbocycles. The summed E-state index contributed by atoms with van der Waals surface area (Å²) in [5.41, 5.74) is 1.16. The Kier molecular flexibility index (Phi) is 3.90. The normalized spacial score (nSPS) is 13.7. The fourth-order valence-electron chi connectivity index (χ4n) is 1.67. The Morgan fingerprint density at radius 1 is 1.25 bits per heavy atom. The van der Waals surface area contributed by atoms with E-state index in [4.69, 9.17) is 5.11 Å². The van der Waals surface area contributed by atoms with E-state index in [0.29, 0.717) is 11.0 Å². The van der Waals surface area contributed by atoms with Gasteiger partial charge in [-0.25, -0.2) is 9.78 Å². The van der Waals surface area contributed by atoms with Crippen LogP contribution in [0, 0.1) is 0 Å². The number of fused-ring (bicyclic) bond motifs is 1. The molecule has 2 aromatic rings. The predicted molar refractivity (Wildman–Crippen MR) is 70.1 cm³/mol. The smallest absolute Gasteiger partial charge is 0.328 e. The van der Waals surface area contributed by atoms with Gasteiger partial charge in [0.2, 0.25) is 0 Å². The van der Waals surface area contributed by atoms with Crippen LogP contribution in [-0.2, 0) is 4.79 Å². The number of aliphatic hydroxyl groups is 1. The number of hydrogen-bond acceptors (Lipinski definition) is 5. The molecular weight excluding hydrogens is 262 g/mol. The van der Waals surface area contributed by atoms with E-state index in [-0.39, 0.29) is 5.69 Å². The number of rotatable bonds is 4.